The van der Waals surface area contributed by atoms with E-state index in [1.54, 1.807) is 4.90 Å². The number of likely N-dealkylation sites (tertiary alicyclic amines) is 1. The lowest BCUT2D eigenvalue weighted by Crippen LogP contribution is -2.40. The summed E-state index contributed by atoms with van der Waals surface area (Å²) < 4.78 is 13.7. The average Bonchev–Trinajstić information content (AvgIpc) is 2.74. The molecule has 0 bridgehead atoms. The van der Waals surface area contributed by atoms with E-state index in [1.807, 2.05) is 6.92 Å². The molecule has 1 heterocycles. The van der Waals surface area contributed by atoms with Gasteiger partial charge in [0.05, 0.1) is 23.9 Å². The Morgan fingerprint density at radius 2 is 2.32 bits per heavy atom. The van der Waals surface area contributed by atoms with Crippen LogP contribution in [0.25, 0.3) is 0 Å². The Labute approximate surface area is 119 Å². The smallest absolute Gasteiger partial charge is 0.255 e. The average molecular weight is 331 g/mol. The third-order valence-corrected chi connectivity index (χ3v) is 4.30. The zero-order chi connectivity index (χ0) is 14.2. The molecule has 104 valence electrons. The predicted octanol–water partition coefficient (Wildman–Crippen LogP) is 2.01. The van der Waals surface area contributed by atoms with Crippen molar-refractivity contribution in [3.63, 3.8) is 0 Å². The Hall–Kier alpha value is -1.14. The summed E-state index contributed by atoms with van der Waals surface area (Å²) in [4.78, 5) is 14.1. The van der Waals surface area contributed by atoms with Gasteiger partial charge in [0.1, 0.15) is 5.82 Å². The highest BCUT2D eigenvalue weighted by molar-refractivity contribution is 9.10. The molecule has 19 heavy (non-hydrogen) atoms. The summed E-state index contributed by atoms with van der Waals surface area (Å²) >= 11 is 3.18. The van der Waals surface area contributed by atoms with Crippen molar-refractivity contribution >= 4 is 27.5 Å². The number of rotatable bonds is 2. The van der Waals surface area contributed by atoms with Gasteiger partial charge < -0.3 is 15.7 Å². The lowest BCUT2D eigenvalue weighted by molar-refractivity contribution is 0.0647. The molecule has 2 rings (SSSR count). The van der Waals surface area contributed by atoms with Gasteiger partial charge in [-0.05, 0) is 40.4 Å². The maximum Gasteiger partial charge on any atom is 0.255 e. The van der Waals surface area contributed by atoms with Gasteiger partial charge in [0.2, 0.25) is 0 Å². The molecule has 6 heteroatoms. The first-order chi connectivity index (χ1) is 8.95. The molecular weight excluding hydrogens is 315 g/mol. The summed E-state index contributed by atoms with van der Waals surface area (Å²) in [6, 6.07) is 2.33. The molecule has 1 saturated heterocycles. The number of hydrogen-bond donors (Lipinski definition) is 2. The molecule has 0 radical (unpaired) electrons. The Kier molecular flexibility index (Phi) is 4.10. The monoisotopic (exact) mass is 330 g/mol. The van der Waals surface area contributed by atoms with Crippen LogP contribution >= 0.6 is 15.9 Å². The normalized spacial score (nSPS) is 22.8. The molecule has 1 amide bonds. The minimum atomic E-state index is -0.558. The number of nitrogen functional groups attached to an aromatic ring is 1. The van der Waals surface area contributed by atoms with E-state index in [9.17, 15) is 14.3 Å². The van der Waals surface area contributed by atoms with Crippen molar-refractivity contribution in [3.8, 4) is 0 Å². The fraction of sp³-hybridized carbons (Fsp3) is 0.462. The summed E-state index contributed by atoms with van der Waals surface area (Å²) in [5.74, 6) is -0.538. The molecule has 1 aliphatic rings. The molecule has 0 aliphatic carbocycles. The Bertz CT molecular complexity index is 510. The molecule has 2 unspecified atom stereocenters. The number of aliphatic hydroxyl groups excluding tert-OH is 1. The van der Waals surface area contributed by atoms with E-state index in [4.69, 9.17) is 5.73 Å². The fourth-order valence-electron chi connectivity index (χ4n) is 2.42. The van der Waals surface area contributed by atoms with Crippen molar-refractivity contribution in [2.75, 3.05) is 18.9 Å². The quantitative estimate of drug-likeness (QED) is 0.815. The van der Waals surface area contributed by atoms with Crippen LogP contribution in [0.15, 0.2) is 16.6 Å². The van der Waals surface area contributed by atoms with Gasteiger partial charge in [-0.1, -0.05) is 6.92 Å². The van der Waals surface area contributed by atoms with Crippen LogP contribution in [0.3, 0.4) is 0 Å². The van der Waals surface area contributed by atoms with Gasteiger partial charge in [0, 0.05) is 11.0 Å². The van der Waals surface area contributed by atoms with Gasteiger partial charge in [-0.15, -0.1) is 0 Å². The maximum atomic E-state index is 13.3. The van der Waals surface area contributed by atoms with Crippen LogP contribution in [-0.4, -0.2) is 35.1 Å². The number of anilines is 1. The van der Waals surface area contributed by atoms with E-state index in [2.05, 4.69) is 15.9 Å². The molecule has 0 saturated carbocycles. The highest BCUT2D eigenvalue weighted by Crippen LogP contribution is 2.29. The molecule has 4 nitrogen and oxygen atoms in total. The number of carbonyl (C=O) groups is 1. The molecule has 2 atom stereocenters. The molecule has 1 fully saturated rings. The third kappa shape index (κ3) is 2.60. The Morgan fingerprint density at radius 3 is 2.95 bits per heavy atom. The van der Waals surface area contributed by atoms with Crippen molar-refractivity contribution in [1.29, 1.82) is 0 Å². The molecule has 1 aromatic carbocycles. The topological polar surface area (TPSA) is 66.6 Å². The standard InChI is InChI=1S/C13H16BrFN2O2/c1-7-2-3-17(12(7)6-18)13(19)8-4-11(16)10(15)5-9(8)14/h4-5,7,12,18H,2-3,6,16H2,1H3. The Balaban J connectivity index is 2.32. The van der Waals surface area contributed by atoms with Crippen LogP contribution < -0.4 is 5.73 Å². The molecule has 1 aromatic rings. The van der Waals surface area contributed by atoms with Crippen LogP contribution in [-0.2, 0) is 0 Å². The summed E-state index contributed by atoms with van der Waals surface area (Å²) in [6.07, 6.45) is 0.852. The minimum Gasteiger partial charge on any atom is -0.396 e. The van der Waals surface area contributed by atoms with Crippen LogP contribution in [0.4, 0.5) is 10.1 Å². The SMILES string of the molecule is CC1CCN(C(=O)c2cc(N)c(F)cc2Br)C1CO. The van der Waals surface area contributed by atoms with E-state index in [0.717, 1.165) is 6.42 Å². The van der Waals surface area contributed by atoms with Gasteiger partial charge in [0.15, 0.2) is 0 Å². The van der Waals surface area contributed by atoms with E-state index in [0.29, 0.717) is 16.6 Å². The van der Waals surface area contributed by atoms with Gasteiger partial charge in [-0.3, -0.25) is 4.79 Å². The number of nitrogens with zero attached hydrogens (tertiary/aromatic N) is 1. The molecular formula is C13H16BrFN2O2. The second kappa shape index (κ2) is 5.46. The van der Waals surface area contributed by atoms with Crippen LogP contribution in [0, 0.1) is 11.7 Å². The number of hydrogen-bond acceptors (Lipinski definition) is 3. The van der Waals surface area contributed by atoms with Crippen molar-refractivity contribution < 1.29 is 14.3 Å². The number of carbonyl (C=O) groups excluding carboxylic acids is 1. The number of nitrogens with two attached hydrogens (primary N) is 1. The number of benzene rings is 1. The summed E-state index contributed by atoms with van der Waals surface area (Å²) in [5, 5.41) is 9.38. The van der Waals surface area contributed by atoms with Crippen molar-refractivity contribution in [2.45, 2.75) is 19.4 Å². The lowest BCUT2D eigenvalue weighted by Gasteiger charge is -2.25. The zero-order valence-corrected chi connectivity index (χ0v) is 12.2. The predicted molar refractivity (Wildman–Crippen MR) is 74.2 cm³/mol. The van der Waals surface area contributed by atoms with Crippen molar-refractivity contribution in [1.82, 2.24) is 4.90 Å². The second-order valence-corrected chi connectivity index (χ2v) is 5.72. The number of halogens is 2. The van der Waals surface area contributed by atoms with Crippen molar-refractivity contribution in [3.05, 3.63) is 28.0 Å². The summed E-state index contributed by atoms with van der Waals surface area (Å²) in [7, 11) is 0. The molecule has 0 aromatic heterocycles. The third-order valence-electron chi connectivity index (χ3n) is 3.65. The fourth-order valence-corrected chi connectivity index (χ4v) is 2.91. The zero-order valence-electron chi connectivity index (χ0n) is 10.6. The summed E-state index contributed by atoms with van der Waals surface area (Å²) in [5.41, 5.74) is 5.77. The first-order valence-corrected chi connectivity index (χ1v) is 6.91. The van der Waals surface area contributed by atoms with Gasteiger partial charge >= 0.3 is 0 Å². The van der Waals surface area contributed by atoms with E-state index in [1.165, 1.54) is 12.1 Å². The van der Waals surface area contributed by atoms with Gasteiger partial charge in [-0.25, -0.2) is 4.39 Å². The number of aliphatic hydroxyl groups is 1. The molecule has 0 spiro atoms. The minimum absolute atomic E-state index is 0.0562. The maximum absolute atomic E-state index is 13.3. The lowest BCUT2D eigenvalue weighted by atomic mass is 10.0. The summed E-state index contributed by atoms with van der Waals surface area (Å²) in [6.45, 7) is 2.53. The van der Waals surface area contributed by atoms with E-state index < -0.39 is 5.82 Å². The molecule has 3 N–H and O–H groups in total. The Morgan fingerprint density at radius 1 is 1.63 bits per heavy atom. The largest absolute Gasteiger partial charge is 0.396 e. The first kappa shape index (κ1) is 14.3. The van der Waals surface area contributed by atoms with Crippen LogP contribution in [0.2, 0.25) is 0 Å². The van der Waals surface area contributed by atoms with E-state index >= 15 is 0 Å². The second-order valence-electron chi connectivity index (χ2n) is 4.87. The highest BCUT2D eigenvalue weighted by Gasteiger charge is 2.35. The highest BCUT2D eigenvalue weighted by atomic mass is 79.9. The number of amides is 1. The first-order valence-electron chi connectivity index (χ1n) is 6.12. The van der Waals surface area contributed by atoms with Crippen LogP contribution in [0.5, 0.6) is 0 Å². The molecule has 1 aliphatic heterocycles. The van der Waals surface area contributed by atoms with Crippen LogP contribution in [0.1, 0.15) is 23.7 Å². The van der Waals surface area contributed by atoms with E-state index in [-0.39, 0.29) is 30.2 Å². The van der Waals surface area contributed by atoms with Crippen molar-refractivity contribution in [2.24, 2.45) is 5.92 Å². The van der Waals surface area contributed by atoms with Gasteiger partial charge in [0.25, 0.3) is 5.91 Å². The van der Waals surface area contributed by atoms with Gasteiger partial charge in [-0.2, -0.15) is 0 Å².